The van der Waals surface area contributed by atoms with Crippen LogP contribution in [0.2, 0.25) is 0 Å². The lowest BCUT2D eigenvalue weighted by atomic mass is 9.95. The topological polar surface area (TPSA) is 21.7 Å². The molecule has 3 nitrogen and oxygen atoms in total. The Kier molecular flexibility index (Phi) is 12.5. The van der Waals surface area contributed by atoms with E-state index in [4.69, 9.17) is 9.47 Å². The van der Waals surface area contributed by atoms with Gasteiger partial charge >= 0.3 is 0 Å². The summed E-state index contributed by atoms with van der Waals surface area (Å²) < 4.78 is 12.1. The molecule has 0 heterocycles. The Morgan fingerprint density at radius 3 is 1.55 bits per heavy atom. The van der Waals surface area contributed by atoms with Crippen molar-refractivity contribution < 1.29 is 9.47 Å². The number of aryl methyl sites for hydroxylation is 1. The minimum absolute atomic E-state index is 0.510. The van der Waals surface area contributed by atoms with Gasteiger partial charge in [0.1, 0.15) is 12.4 Å². The van der Waals surface area contributed by atoms with E-state index in [1.165, 1.54) is 16.7 Å². The normalized spacial score (nSPS) is 11.2. The largest absolute Gasteiger partial charge is 0.489 e. The fourth-order valence-electron chi connectivity index (χ4n) is 6.57. The summed E-state index contributed by atoms with van der Waals surface area (Å²) in [6.45, 7) is 11.6. The van der Waals surface area contributed by atoms with Crippen molar-refractivity contribution in [2.24, 2.45) is 0 Å². The lowest BCUT2D eigenvalue weighted by molar-refractivity contribution is 0.124. The molecule has 0 saturated heterocycles. The first-order valence-corrected chi connectivity index (χ1v) is 19.1. The minimum Gasteiger partial charge on any atom is -0.489 e. The monoisotopic (exact) mass is 729 g/mol. The van der Waals surface area contributed by atoms with Crippen molar-refractivity contribution in [1.82, 2.24) is 0 Å². The second kappa shape index (κ2) is 18.6. The third-order valence-electron chi connectivity index (χ3n) is 9.84. The van der Waals surface area contributed by atoms with Gasteiger partial charge < -0.3 is 14.4 Å². The predicted octanol–water partition coefficient (Wildman–Crippen LogP) is 13.7. The van der Waals surface area contributed by atoms with Gasteiger partial charge in [-0.05, 0) is 118 Å². The van der Waals surface area contributed by atoms with Gasteiger partial charge in [-0.2, -0.15) is 0 Å². The van der Waals surface area contributed by atoms with Crippen LogP contribution in [0, 0.1) is 6.92 Å². The molecule has 0 atom stereocenters. The van der Waals surface area contributed by atoms with Crippen LogP contribution >= 0.6 is 0 Å². The Labute approximate surface area is 332 Å². The number of benzene rings is 7. The SMILES string of the molecule is C=Cc1ccc(COCCc2ccc(N(c3ccc(C)cc3)c3ccc(C=C(c4ccccc4)c4ccc(OCc5ccc(C=C)cc5)cc4)cc3)cc2)cc1. The highest BCUT2D eigenvalue weighted by molar-refractivity contribution is 5.92. The number of nitrogens with zero attached hydrogens (tertiary/aromatic N) is 1. The molecule has 0 radical (unpaired) electrons. The van der Waals surface area contributed by atoms with E-state index in [1.54, 1.807) is 0 Å². The molecule has 0 fully saturated rings. The lowest BCUT2D eigenvalue weighted by Gasteiger charge is -2.26. The highest BCUT2D eigenvalue weighted by atomic mass is 16.5. The van der Waals surface area contributed by atoms with Crippen LogP contribution in [0.1, 0.15) is 50.1 Å². The molecule has 0 aliphatic heterocycles. The molecular weight excluding hydrogens is 683 g/mol. The molecule has 7 aromatic rings. The Balaban J connectivity index is 1.08. The van der Waals surface area contributed by atoms with Gasteiger partial charge in [0.15, 0.2) is 0 Å². The van der Waals surface area contributed by atoms with Crippen molar-refractivity contribution in [2.75, 3.05) is 11.5 Å². The van der Waals surface area contributed by atoms with Gasteiger partial charge in [-0.1, -0.05) is 158 Å². The number of hydrogen-bond donors (Lipinski definition) is 0. The number of anilines is 3. The molecule has 0 N–H and O–H groups in total. The molecule has 0 bridgehead atoms. The van der Waals surface area contributed by atoms with E-state index in [0.29, 0.717) is 19.8 Å². The van der Waals surface area contributed by atoms with Crippen LogP contribution in [0.15, 0.2) is 189 Å². The second-order valence-electron chi connectivity index (χ2n) is 13.9. The molecule has 3 heteroatoms. The molecule has 7 rings (SSSR count). The highest BCUT2D eigenvalue weighted by Gasteiger charge is 2.13. The summed E-state index contributed by atoms with van der Waals surface area (Å²) in [6.07, 6.45) is 6.82. The molecule has 0 saturated carbocycles. The maximum absolute atomic E-state index is 6.13. The molecule has 276 valence electrons. The van der Waals surface area contributed by atoms with E-state index in [9.17, 15) is 0 Å². The van der Waals surface area contributed by atoms with Crippen LogP contribution in [0.3, 0.4) is 0 Å². The number of ether oxygens (including phenoxy) is 2. The zero-order valence-corrected chi connectivity index (χ0v) is 32.0. The van der Waals surface area contributed by atoms with E-state index < -0.39 is 0 Å². The van der Waals surface area contributed by atoms with E-state index in [2.05, 4.69) is 207 Å². The Morgan fingerprint density at radius 2 is 0.982 bits per heavy atom. The van der Waals surface area contributed by atoms with Gasteiger partial charge in [-0.3, -0.25) is 0 Å². The first-order valence-electron chi connectivity index (χ1n) is 19.1. The molecule has 56 heavy (non-hydrogen) atoms. The van der Waals surface area contributed by atoms with Gasteiger partial charge in [0.25, 0.3) is 0 Å². The second-order valence-corrected chi connectivity index (χ2v) is 13.9. The maximum atomic E-state index is 6.13. The fourth-order valence-corrected chi connectivity index (χ4v) is 6.57. The average molecular weight is 730 g/mol. The molecular formula is C53H47NO2. The number of rotatable bonds is 16. The summed E-state index contributed by atoms with van der Waals surface area (Å²) in [6, 6.07) is 61.9. The minimum atomic E-state index is 0.510. The van der Waals surface area contributed by atoms with E-state index in [-0.39, 0.29) is 0 Å². The van der Waals surface area contributed by atoms with Crippen LogP contribution in [0.5, 0.6) is 5.75 Å². The summed E-state index contributed by atoms with van der Waals surface area (Å²) in [5.74, 6) is 0.835. The van der Waals surface area contributed by atoms with Crippen LogP contribution in [-0.2, 0) is 24.4 Å². The predicted molar refractivity (Wildman–Crippen MR) is 236 cm³/mol. The van der Waals surface area contributed by atoms with Crippen LogP contribution in [-0.4, -0.2) is 6.61 Å². The van der Waals surface area contributed by atoms with Gasteiger partial charge in [-0.25, -0.2) is 0 Å². The molecule has 0 aliphatic rings. The third-order valence-corrected chi connectivity index (χ3v) is 9.84. The van der Waals surface area contributed by atoms with Crippen molar-refractivity contribution >= 4 is 40.9 Å². The summed E-state index contributed by atoms with van der Waals surface area (Å²) in [5.41, 5.74) is 14.8. The van der Waals surface area contributed by atoms with Crippen molar-refractivity contribution in [2.45, 2.75) is 26.6 Å². The zero-order chi connectivity index (χ0) is 38.5. The van der Waals surface area contributed by atoms with Gasteiger partial charge in [0.2, 0.25) is 0 Å². The molecule has 0 spiro atoms. The van der Waals surface area contributed by atoms with Crippen molar-refractivity contribution in [3.63, 3.8) is 0 Å². The molecule has 0 unspecified atom stereocenters. The molecule has 7 aromatic carbocycles. The van der Waals surface area contributed by atoms with Crippen LogP contribution in [0.4, 0.5) is 17.1 Å². The maximum Gasteiger partial charge on any atom is 0.119 e. The fraction of sp³-hybridized carbons (Fsp3) is 0.0943. The van der Waals surface area contributed by atoms with Crippen molar-refractivity contribution in [1.29, 1.82) is 0 Å². The standard InChI is InChI=1S/C53H47NO2/c1-4-41-13-17-45(18-14-41)38-55-36-35-43-21-29-50(30-22-43)54(49-27-11-40(3)12-28-49)51-31-23-44(24-32-51)37-53(47-9-7-6-8-10-47)48-25-33-52(34-26-48)56-39-46-19-15-42(5-2)16-20-46/h4-34,37H,1-2,35-36,38-39H2,3H3. The molecule has 0 aliphatic carbocycles. The summed E-state index contributed by atoms with van der Waals surface area (Å²) in [7, 11) is 0. The molecule has 0 amide bonds. The van der Waals surface area contributed by atoms with Gasteiger partial charge in [-0.15, -0.1) is 0 Å². The first kappa shape index (κ1) is 37.6. The quantitative estimate of drug-likeness (QED) is 0.0730. The van der Waals surface area contributed by atoms with Crippen LogP contribution < -0.4 is 9.64 Å². The Morgan fingerprint density at radius 1 is 0.500 bits per heavy atom. The van der Waals surface area contributed by atoms with Crippen molar-refractivity contribution in [3.8, 4) is 5.75 Å². The third kappa shape index (κ3) is 9.89. The lowest BCUT2D eigenvalue weighted by Crippen LogP contribution is -2.10. The highest BCUT2D eigenvalue weighted by Crippen LogP contribution is 2.36. The number of hydrogen-bond acceptors (Lipinski definition) is 3. The van der Waals surface area contributed by atoms with Crippen LogP contribution in [0.25, 0.3) is 23.8 Å². The van der Waals surface area contributed by atoms with E-state index >= 15 is 0 Å². The Hall–Kier alpha value is -6.68. The van der Waals surface area contributed by atoms with E-state index in [0.717, 1.165) is 68.2 Å². The zero-order valence-electron chi connectivity index (χ0n) is 32.0. The average Bonchev–Trinajstić information content (AvgIpc) is 3.26. The van der Waals surface area contributed by atoms with Gasteiger partial charge in [0.05, 0.1) is 13.2 Å². The summed E-state index contributed by atoms with van der Waals surface area (Å²) in [5, 5.41) is 0. The van der Waals surface area contributed by atoms with E-state index in [1.807, 2.05) is 12.2 Å². The smallest absolute Gasteiger partial charge is 0.119 e. The van der Waals surface area contributed by atoms with Gasteiger partial charge in [0, 0.05) is 17.1 Å². The summed E-state index contributed by atoms with van der Waals surface area (Å²) >= 11 is 0. The Bertz CT molecular complexity index is 2340. The molecule has 0 aromatic heterocycles. The first-order chi connectivity index (χ1) is 27.5. The summed E-state index contributed by atoms with van der Waals surface area (Å²) in [4.78, 5) is 2.31. The van der Waals surface area contributed by atoms with Crippen molar-refractivity contribution in [3.05, 3.63) is 239 Å².